The van der Waals surface area contributed by atoms with E-state index in [1.165, 1.54) is 12.3 Å². The summed E-state index contributed by atoms with van der Waals surface area (Å²) in [6.45, 7) is 1.61. The molecule has 1 amide bonds. The number of nitrogens with zero attached hydrogens (tertiary/aromatic N) is 2. The molecular formula is C21H17BrF3N3O3. The fourth-order valence-electron chi connectivity index (χ4n) is 3.74. The Labute approximate surface area is 183 Å². The SMILES string of the molecule is Cc1onc(-c2ccc(Br)cc2)c1C(=O)c1c[nH]c(C(=O)N2CCC[C@H]2C(F)(F)F)c1. The fraction of sp³-hybridized carbons (Fsp3) is 0.286. The first-order chi connectivity index (χ1) is 14.7. The van der Waals surface area contributed by atoms with Gasteiger partial charge in [-0.2, -0.15) is 13.2 Å². The first kappa shape index (κ1) is 21.4. The highest BCUT2D eigenvalue weighted by atomic mass is 79.9. The Kier molecular flexibility index (Phi) is 5.50. The highest BCUT2D eigenvalue weighted by Gasteiger charge is 2.48. The molecule has 162 valence electrons. The van der Waals surface area contributed by atoms with Crippen LogP contribution in [-0.4, -0.2) is 45.5 Å². The molecular weight excluding hydrogens is 479 g/mol. The molecule has 4 rings (SSSR count). The van der Waals surface area contributed by atoms with E-state index in [2.05, 4.69) is 26.1 Å². The molecule has 1 aliphatic heterocycles. The molecule has 10 heteroatoms. The summed E-state index contributed by atoms with van der Waals surface area (Å²) in [4.78, 5) is 29.2. The van der Waals surface area contributed by atoms with Gasteiger partial charge in [0.25, 0.3) is 5.91 Å². The van der Waals surface area contributed by atoms with Crippen LogP contribution in [0, 0.1) is 6.92 Å². The average molecular weight is 496 g/mol. The van der Waals surface area contributed by atoms with Crippen LogP contribution in [-0.2, 0) is 0 Å². The van der Waals surface area contributed by atoms with Gasteiger partial charge in [-0.15, -0.1) is 0 Å². The van der Waals surface area contributed by atoms with Gasteiger partial charge in [0.2, 0.25) is 0 Å². The van der Waals surface area contributed by atoms with Gasteiger partial charge in [-0.25, -0.2) is 0 Å². The molecule has 1 aromatic carbocycles. The van der Waals surface area contributed by atoms with Gasteiger partial charge in [-0.3, -0.25) is 9.59 Å². The van der Waals surface area contributed by atoms with Crippen molar-refractivity contribution >= 4 is 27.6 Å². The van der Waals surface area contributed by atoms with Gasteiger partial charge < -0.3 is 14.4 Å². The monoisotopic (exact) mass is 495 g/mol. The van der Waals surface area contributed by atoms with Gasteiger partial charge in [0, 0.05) is 28.3 Å². The molecule has 6 nitrogen and oxygen atoms in total. The zero-order valence-corrected chi connectivity index (χ0v) is 17.9. The number of hydrogen-bond acceptors (Lipinski definition) is 4. The van der Waals surface area contributed by atoms with Crippen LogP contribution in [0.15, 0.2) is 45.5 Å². The van der Waals surface area contributed by atoms with Crippen molar-refractivity contribution in [1.29, 1.82) is 0 Å². The lowest BCUT2D eigenvalue weighted by Crippen LogP contribution is -2.44. The normalized spacial score (nSPS) is 16.7. The molecule has 1 saturated heterocycles. The lowest BCUT2D eigenvalue weighted by Gasteiger charge is -2.26. The second kappa shape index (κ2) is 7.99. The maximum Gasteiger partial charge on any atom is 0.408 e. The van der Waals surface area contributed by atoms with Crippen molar-refractivity contribution in [3.8, 4) is 11.3 Å². The van der Waals surface area contributed by atoms with Gasteiger partial charge in [-0.1, -0.05) is 33.2 Å². The first-order valence-corrected chi connectivity index (χ1v) is 10.3. The summed E-state index contributed by atoms with van der Waals surface area (Å²) < 4.78 is 45.7. The van der Waals surface area contributed by atoms with E-state index in [9.17, 15) is 22.8 Å². The van der Waals surface area contributed by atoms with Crippen molar-refractivity contribution in [2.75, 3.05) is 6.54 Å². The smallest absolute Gasteiger partial charge is 0.360 e. The maximum atomic E-state index is 13.2. The number of aryl methyl sites for hydroxylation is 1. The van der Waals surface area contributed by atoms with E-state index in [1.54, 1.807) is 31.2 Å². The van der Waals surface area contributed by atoms with Crippen LogP contribution in [0.1, 0.15) is 45.0 Å². The third-order valence-corrected chi connectivity index (χ3v) is 5.80. The molecule has 0 bridgehead atoms. The molecule has 0 unspecified atom stereocenters. The second-order valence-corrected chi connectivity index (χ2v) is 8.21. The van der Waals surface area contributed by atoms with Crippen LogP contribution in [0.4, 0.5) is 13.2 Å². The number of aromatic amines is 1. The Balaban J connectivity index is 1.62. The van der Waals surface area contributed by atoms with Gasteiger partial charge in [-0.05, 0) is 38.0 Å². The van der Waals surface area contributed by atoms with Crippen molar-refractivity contribution in [3.63, 3.8) is 0 Å². The van der Waals surface area contributed by atoms with E-state index in [0.29, 0.717) is 17.0 Å². The average Bonchev–Trinajstić information content (AvgIpc) is 3.46. The Bertz CT molecular complexity index is 1130. The first-order valence-electron chi connectivity index (χ1n) is 9.50. The van der Waals surface area contributed by atoms with E-state index in [0.717, 1.165) is 9.37 Å². The molecule has 0 aliphatic carbocycles. The van der Waals surface area contributed by atoms with Crippen molar-refractivity contribution in [1.82, 2.24) is 15.0 Å². The third kappa shape index (κ3) is 4.04. The number of nitrogens with one attached hydrogen (secondary N) is 1. The number of alkyl halides is 3. The van der Waals surface area contributed by atoms with E-state index < -0.39 is 23.9 Å². The molecule has 1 N–H and O–H groups in total. The molecule has 3 aromatic rings. The van der Waals surface area contributed by atoms with Gasteiger partial charge in [0.15, 0.2) is 5.78 Å². The fourth-order valence-corrected chi connectivity index (χ4v) is 4.01. The van der Waals surface area contributed by atoms with E-state index >= 15 is 0 Å². The Morgan fingerprint density at radius 3 is 2.65 bits per heavy atom. The number of hydrogen-bond donors (Lipinski definition) is 1. The Morgan fingerprint density at radius 2 is 1.97 bits per heavy atom. The summed E-state index contributed by atoms with van der Waals surface area (Å²) in [5.41, 5.74) is 1.31. The zero-order valence-electron chi connectivity index (χ0n) is 16.3. The van der Waals surface area contributed by atoms with Crippen LogP contribution in [0.2, 0.25) is 0 Å². The van der Waals surface area contributed by atoms with Gasteiger partial charge in [0.05, 0.1) is 5.56 Å². The topological polar surface area (TPSA) is 79.2 Å². The predicted octanol–water partition coefficient (Wildman–Crippen LogP) is 5.14. The summed E-state index contributed by atoms with van der Waals surface area (Å²) in [6, 6.07) is 6.60. The minimum Gasteiger partial charge on any atom is -0.360 e. The number of aromatic nitrogens is 2. The number of rotatable bonds is 4. The minimum absolute atomic E-state index is 0.0176. The van der Waals surface area contributed by atoms with Crippen LogP contribution in [0.25, 0.3) is 11.3 Å². The molecule has 1 atom stereocenters. The second-order valence-electron chi connectivity index (χ2n) is 7.30. The quantitative estimate of drug-likeness (QED) is 0.508. The minimum atomic E-state index is -4.49. The van der Waals surface area contributed by atoms with Crippen molar-refractivity contribution in [2.24, 2.45) is 0 Å². The molecule has 1 aliphatic rings. The summed E-state index contributed by atoms with van der Waals surface area (Å²) in [5, 5.41) is 3.98. The predicted molar refractivity (Wildman–Crippen MR) is 109 cm³/mol. The van der Waals surface area contributed by atoms with Crippen LogP contribution >= 0.6 is 15.9 Å². The molecule has 0 saturated carbocycles. The molecule has 1 fully saturated rings. The van der Waals surface area contributed by atoms with Gasteiger partial charge in [0.1, 0.15) is 23.2 Å². The summed E-state index contributed by atoms with van der Waals surface area (Å²) in [7, 11) is 0. The summed E-state index contributed by atoms with van der Waals surface area (Å²) in [5.74, 6) is -0.927. The van der Waals surface area contributed by atoms with Crippen LogP contribution < -0.4 is 0 Å². The number of ketones is 1. The number of benzene rings is 1. The highest BCUT2D eigenvalue weighted by molar-refractivity contribution is 9.10. The Morgan fingerprint density at radius 1 is 1.26 bits per heavy atom. The Hall–Kier alpha value is -2.88. The van der Waals surface area contributed by atoms with Gasteiger partial charge >= 0.3 is 6.18 Å². The molecule has 0 radical (unpaired) electrons. The van der Waals surface area contributed by atoms with Crippen molar-refractivity contribution in [2.45, 2.75) is 32.0 Å². The largest absolute Gasteiger partial charge is 0.408 e. The lowest BCUT2D eigenvalue weighted by atomic mass is 9.99. The summed E-state index contributed by atoms with van der Waals surface area (Å²) in [6.07, 6.45) is -3.03. The number of carbonyl (C=O) groups excluding carboxylic acids is 2. The molecule has 2 aromatic heterocycles. The van der Waals surface area contributed by atoms with E-state index in [4.69, 9.17) is 4.52 Å². The molecule has 31 heavy (non-hydrogen) atoms. The molecule has 3 heterocycles. The van der Waals surface area contributed by atoms with Crippen molar-refractivity contribution in [3.05, 3.63) is 63.6 Å². The molecule has 0 spiro atoms. The lowest BCUT2D eigenvalue weighted by molar-refractivity contribution is -0.169. The standard InChI is InChI=1S/C21H17BrF3N3O3/c1-11-17(18(27-31-11)12-4-6-14(22)7-5-12)19(29)13-9-15(26-10-13)20(30)28-8-2-3-16(28)21(23,24)25/h4-7,9-10,16,26H,2-3,8H2,1H3/t16-/m0/s1. The number of halogens is 4. The number of carbonyl (C=O) groups is 2. The highest BCUT2D eigenvalue weighted by Crippen LogP contribution is 2.34. The zero-order chi connectivity index (χ0) is 22.3. The van der Waals surface area contributed by atoms with E-state index in [-0.39, 0.29) is 36.2 Å². The van der Waals surface area contributed by atoms with Crippen LogP contribution in [0.3, 0.4) is 0 Å². The summed E-state index contributed by atoms with van der Waals surface area (Å²) >= 11 is 3.35. The van der Waals surface area contributed by atoms with E-state index in [1.807, 2.05) is 0 Å². The number of likely N-dealkylation sites (tertiary alicyclic amines) is 1. The number of amides is 1. The number of H-pyrrole nitrogens is 1. The van der Waals surface area contributed by atoms with Crippen LogP contribution in [0.5, 0.6) is 0 Å². The maximum absolute atomic E-state index is 13.2. The van der Waals surface area contributed by atoms with Crippen molar-refractivity contribution < 1.29 is 27.3 Å². The third-order valence-electron chi connectivity index (χ3n) is 5.27.